The Bertz CT molecular complexity index is 1600. The van der Waals surface area contributed by atoms with Gasteiger partial charge in [-0.3, -0.25) is 14.5 Å². The molecule has 8 nitrogen and oxygen atoms in total. The first-order valence-corrected chi connectivity index (χ1v) is 17.0. The van der Waals surface area contributed by atoms with Crippen LogP contribution < -0.4 is 19.1 Å². The van der Waals surface area contributed by atoms with Gasteiger partial charge in [0.15, 0.2) is 11.5 Å². The highest BCUT2D eigenvalue weighted by Crippen LogP contribution is 2.43. The number of aliphatic carboxylic acids is 1. The van der Waals surface area contributed by atoms with Gasteiger partial charge in [-0.1, -0.05) is 51.0 Å². The maximum atomic E-state index is 14.5. The maximum absolute atomic E-state index is 14.5. The van der Waals surface area contributed by atoms with Crippen molar-refractivity contribution in [1.82, 2.24) is 4.90 Å². The summed E-state index contributed by atoms with van der Waals surface area (Å²) in [6.07, 6.45) is 5.33. The van der Waals surface area contributed by atoms with Crippen molar-refractivity contribution in [2.75, 3.05) is 31.4 Å². The van der Waals surface area contributed by atoms with Crippen LogP contribution in [0.4, 0.5) is 10.1 Å². The van der Waals surface area contributed by atoms with Gasteiger partial charge in [0.1, 0.15) is 11.6 Å². The van der Waals surface area contributed by atoms with Crippen LogP contribution in [0.3, 0.4) is 0 Å². The van der Waals surface area contributed by atoms with Crippen molar-refractivity contribution in [3.05, 3.63) is 82.7 Å². The molecule has 1 N–H and O–H groups in total. The zero-order chi connectivity index (χ0) is 33.1. The van der Waals surface area contributed by atoms with Crippen molar-refractivity contribution in [2.45, 2.75) is 83.7 Å². The Morgan fingerprint density at radius 3 is 2.57 bits per heavy atom. The number of nitrogens with zero attached hydrogens (tertiary/aromatic N) is 2. The van der Waals surface area contributed by atoms with Gasteiger partial charge in [-0.25, -0.2) is 4.39 Å². The fourth-order valence-corrected chi connectivity index (χ4v) is 7.77. The molecule has 3 aliphatic heterocycles. The Morgan fingerprint density at radius 2 is 1.83 bits per heavy atom. The van der Waals surface area contributed by atoms with Crippen molar-refractivity contribution in [2.24, 2.45) is 5.92 Å². The number of carbonyl (C=O) groups excluding carboxylic acids is 1. The standard InChI is InChI=1S/C38H45FN2O6/c1-4-7-28(8-5-2)41(29-13-14-31(39)24(3)19-29)35(42)22-40-21-30(26-12-16-33-27(20-26)17-18-45-33)36(38(43)44)32(40)15-11-25-9-6-10-34-37(25)47-23-46-34/h6,9-10,12-14,16,19-20,28,30,32,36H,4-5,7-8,11,15,17-18,21-23H2,1-3H3,(H,43,44). The number of aryl methyl sites for hydroxylation is 2. The number of amides is 1. The van der Waals surface area contributed by atoms with Crippen LogP contribution >= 0.6 is 0 Å². The van der Waals surface area contributed by atoms with E-state index in [-0.39, 0.29) is 37.0 Å². The summed E-state index contributed by atoms with van der Waals surface area (Å²) in [5, 5.41) is 10.8. The Hall–Kier alpha value is -4.11. The third-order valence-electron chi connectivity index (χ3n) is 10.00. The number of ether oxygens (including phenoxy) is 3. The first-order valence-electron chi connectivity index (χ1n) is 17.0. The SMILES string of the molecule is CCCC(CCC)N(C(=O)CN1CC(c2ccc3c(c2)CCO3)C(C(=O)O)C1CCc1cccc2c1OCO2)c1ccc(F)c(C)c1. The molecule has 1 saturated heterocycles. The highest BCUT2D eigenvalue weighted by atomic mass is 19.1. The predicted octanol–water partition coefficient (Wildman–Crippen LogP) is 6.90. The molecule has 3 aliphatic rings. The van der Waals surface area contributed by atoms with Gasteiger partial charge >= 0.3 is 5.97 Å². The first-order chi connectivity index (χ1) is 22.8. The lowest BCUT2D eigenvalue weighted by atomic mass is 9.83. The summed E-state index contributed by atoms with van der Waals surface area (Å²) in [4.78, 5) is 31.6. The van der Waals surface area contributed by atoms with E-state index in [4.69, 9.17) is 14.2 Å². The van der Waals surface area contributed by atoms with E-state index in [0.29, 0.717) is 48.7 Å². The van der Waals surface area contributed by atoms with Crippen LogP contribution in [0.25, 0.3) is 0 Å². The molecule has 0 spiro atoms. The topological polar surface area (TPSA) is 88.5 Å². The average Bonchev–Trinajstić information content (AvgIpc) is 3.80. The van der Waals surface area contributed by atoms with Gasteiger partial charge in [0.2, 0.25) is 12.7 Å². The molecule has 3 aromatic carbocycles. The van der Waals surface area contributed by atoms with E-state index in [1.807, 2.05) is 35.2 Å². The van der Waals surface area contributed by atoms with Crippen molar-refractivity contribution in [3.8, 4) is 17.2 Å². The lowest BCUT2D eigenvalue weighted by Gasteiger charge is -2.35. The zero-order valence-electron chi connectivity index (χ0n) is 27.5. The molecule has 0 aromatic heterocycles. The molecule has 6 rings (SSSR count). The number of carboxylic acids is 1. The van der Waals surface area contributed by atoms with Crippen LogP contribution in [-0.4, -0.2) is 60.5 Å². The second-order valence-electron chi connectivity index (χ2n) is 13.1. The number of para-hydroxylation sites is 1. The normalized spacial score (nSPS) is 20.0. The highest BCUT2D eigenvalue weighted by molar-refractivity contribution is 5.95. The van der Waals surface area contributed by atoms with E-state index in [1.54, 1.807) is 19.1 Å². The number of hydrogen-bond acceptors (Lipinski definition) is 6. The van der Waals surface area contributed by atoms with E-state index in [0.717, 1.165) is 54.5 Å². The molecule has 0 bridgehead atoms. The minimum absolute atomic E-state index is 0.0461. The summed E-state index contributed by atoms with van der Waals surface area (Å²) in [5.41, 5.74) is 4.18. The number of benzene rings is 3. The smallest absolute Gasteiger partial charge is 0.308 e. The molecule has 0 aliphatic carbocycles. The minimum atomic E-state index is -0.870. The van der Waals surface area contributed by atoms with Gasteiger partial charge < -0.3 is 24.2 Å². The third kappa shape index (κ3) is 6.82. The largest absolute Gasteiger partial charge is 0.493 e. The van der Waals surface area contributed by atoms with Crippen molar-refractivity contribution in [3.63, 3.8) is 0 Å². The molecule has 3 heterocycles. The van der Waals surface area contributed by atoms with Crippen LogP contribution in [0.1, 0.15) is 74.1 Å². The van der Waals surface area contributed by atoms with Crippen LogP contribution in [0, 0.1) is 18.7 Å². The summed E-state index contributed by atoms with van der Waals surface area (Å²) in [7, 11) is 0. The first kappa shape index (κ1) is 32.8. The van der Waals surface area contributed by atoms with Crippen LogP contribution in [-0.2, 0) is 22.4 Å². The van der Waals surface area contributed by atoms with Gasteiger partial charge in [-0.15, -0.1) is 0 Å². The Morgan fingerprint density at radius 1 is 1.02 bits per heavy atom. The van der Waals surface area contributed by atoms with Gasteiger partial charge in [0.05, 0.1) is 19.1 Å². The number of halogens is 1. The maximum Gasteiger partial charge on any atom is 0.308 e. The van der Waals surface area contributed by atoms with Gasteiger partial charge in [0, 0.05) is 36.7 Å². The molecule has 250 valence electrons. The van der Waals surface area contributed by atoms with Crippen LogP contribution in [0.5, 0.6) is 17.2 Å². The van der Waals surface area contributed by atoms with E-state index in [9.17, 15) is 19.1 Å². The molecule has 0 saturated carbocycles. The van der Waals surface area contributed by atoms with E-state index < -0.39 is 17.9 Å². The quantitative estimate of drug-likeness (QED) is 0.217. The minimum Gasteiger partial charge on any atom is -0.493 e. The van der Waals surface area contributed by atoms with Gasteiger partial charge in [-0.2, -0.15) is 0 Å². The fraction of sp³-hybridized carbons (Fsp3) is 0.474. The molecule has 0 radical (unpaired) electrons. The second kappa shape index (κ2) is 14.3. The van der Waals surface area contributed by atoms with Crippen molar-refractivity contribution < 1.29 is 33.3 Å². The number of anilines is 1. The number of rotatable bonds is 13. The van der Waals surface area contributed by atoms with Gasteiger partial charge in [-0.05, 0) is 85.2 Å². The van der Waals surface area contributed by atoms with E-state index in [2.05, 4.69) is 24.8 Å². The molecular formula is C38H45FN2O6. The number of likely N-dealkylation sites (tertiary alicyclic amines) is 1. The van der Waals surface area contributed by atoms with E-state index in [1.165, 1.54) is 6.07 Å². The Kier molecular flexibility index (Phi) is 10.0. The summed E-state index contributed by atoms with van der Waals surface area (Å²) < 4.78 is 31.4. The summed E-state index contributed by atoms with van der Waals surface area (Å²) in [6, 6.07) is 16.2. The van der Waals surface area contributed by atoms with Crippen molar-refractivity contribution in [1.29, 1.82) is 0 Å². The summed E-state index contributed by atoms with van der Waals surface area (Å²) in [6.45, 7) is 7.21. The summed E-state index contributed by atoms with van der Waals surface area (Å²) >= 11 is 0. The molecule has 3 unspecified atom stereocenters. The predicted molar refractivity (Wildman–Crippen MR) is 178 cm³/mol. The van der Waals surface area contributed by atoms with Crippen molar-refractivity contribution >= 4 is 17.6 Å². The number of fused-ring (bicyclic) bond motifs is 2. The monoisotopic (exact) mass is 644 g/mol. The second-order valence-corrected chi connectivity index (χ2v) is 13.1. The molecule has 3 atom stereocenters. The third-order valence-corrected chi connectivity index (χ3v) is 10.00. The summed E-state index contributed by atoms with van der Waals surface area (Å²) in [5.74, 6) is -0.0566. The molecule has 1 fully saturated rings. The fourth-order valence-electron chi connectivity index (χ4n) is 7.77. The highest BCUT2D eigenvalue weighted by Gasteiger charge is 2.47. The molecule has 47 heavy (non-hydrogen) atoms. The Labute approximate surface area is 276 Å². The number of hydrogen-bond donors (Lipinski definition) is 1. The number of carbonyl (C=O) groups is 2. The average molecular weight is 645 g/mol. The molecule has 1 amide bonds. The lowest BCUT2D eigenvalue weighted by molar-refractivity contribution is -0.143. The molecule has 3 aromatic rings. The number of carboxylic acid groups (broad SMARTS) is 1. The Balaban J connectivity index is 1.34. The zero-order valence-corrected chi connectivity index (χ0v) is 27.5. The van der Waals surface area contributed by atoms with Crippen LogP contribution in [0.15, 0.2) is 54.6 Å². The molecular weight excluding hydrogens is 599 g/mol. The molecule has 9 heteroatoms. The van der Waals surface area contributed by atoms with E-state index >= 15 is 0 Å². The van der Waals surface area contributed by atoms with Gasteiger partial charge in [0.25, 0.3) is 0 Å². The van der Waals surface area contributed by atoms with Crippen LogP contribution in [0.2, 0.25) is 0 Å². The lowest BCUT2D eigenvalue weighted by Crippen LogP contribution is -2.48.